The Hall–Kier alpha value is -0.0800. The molecule has 1 rings (SSSR count). The molecule has 1 saturated carbocycles. The molecule has 0 radical (unpaired) electrons. The van der Waals surface area contributed by atoms with Gasteiger partial charge in [0.2, 0.25) is 0 Å². The number of hydrogen-bond acceptors (Lipinski definition) is 2. The van der Waals surface area contributed by atoms with Crippen molar-refractivity contribution in [2.24, 2.45) is 5.92 Å². The highest BCUT2D eigenvalue weighted by atomic mass is 16.3. The summed E-state index contributed by atoms with van der Waals surface area (Å²) >= 11 is 0. The van der Waals surface area contributed by atoms with E-state index in [9.17, 15) is 0 Å². The highest BCUT2D eigenvalue weighted by molar-refractivity contribution is 4.79. The summed E-state index contributed by atoms with van der Waals surface area (Å²) in [5, 5.41) is 8.75. The summed E-state index contributed by atoms with van der Waals surface area (Å²) in [6.07, 6.45) is 6.45. The van der Waals surface area contributed by atoms with Crippen LogP contribution in [0.3, 0.4) is 0 Å². The molecule has 1 fully saturated rings. The Morgan fingerprint density at radius 3 is 2.62 bits per heavy atom. The van der Waals surface area contributed by atoms with E-state index in [0.717, 1.165) is 24.9 Å². The molecule has 0 saturated heterocycles. The lowest BCUT2D eigenvalue weighted by molar-refractivity contribution is 0.129. The summed E-state index contributed by atoms with van der Waals surface area (Å²) in [5.74, 6) is 0.845. The Kier molecular flexibility index (Phi) is 4.74. The van der Waals surface area contributed by atoms with Crippen LogP contribution in [0.25, 0.3) is 0 Å². The van der Waals surface area contributed by atoms with Crippen LogP contribution in [0.4, 0.5) is 0 Å². The molecule has 0 amide bonds. The molecule has 1 aliphatic rings. The Bertz CT molecular complexity index is 138. The van der Waals surface area contributed by atoms with E-state index in [1.807, 2.05) is 0 Å². The molecule has 2 unspecified atom stereocenters. The second-order valence-electron chi connectivity index (χ2n) is 4.39. The van der Waals surface area contributed by atoms with Crippen LogP contribution in [0.2, 0.25) is 0 Å². The van der Waals surface area contributed by atoms with Crippen molar-refractivity contribution in [2.45, 2.75) is 45.1 Å². The molecule has 0 spiro atoms. The number of aliphatic hydroxyl groups is 1. The van der Waals surface area contributed by atoms with E-state index >= 15 is 0 Å². The standard InChI is InChI=1S/C11H23NO/c1-10-6-3-4-7-11(10)12(2)8-5-9-13/h10-11,13H,3-9H2,1-2H3. The maximum atomic E-state index is 8.75. The van der Waals surface area contributed by atoms with Gasteiger partial charge < -0.3 is 10.0 Å². The largest absolute Gasteiger partial charge is 0.396 e. The summed E-state index contributed by atoms with van der Waals surface area (Å²) < 4.78 is 0. The molecule has 0 bridgehead atoms. The van der Waals surface area contributed by atoms with Gasteiger partial charge in [-0.3, -0.25) is 0 Å². The van der Waals surface area contributed by atoms with Gasteiger partial charge in [0.1, 0.15) is 0 Å². The van der Waals surface area contributed by atoms with Crippen LogP contribution < -0.4 is 0 Å². The molecular formula is C11H23NO. The first-order valence-electron chi connectivity index (χ1n) is 5.57. The van der Waals surface area contributed by atoms with Crippen molar-refractivity contribution >= 4 is 0 Å². The summed E-state index contributed by atoms with van der Waals surface area (Å²) in [6.45, 7) is 3.73. The van der Waals surface area contributed by atoms with E-state index in [1.54, 1.807) is 0 Å². The molecule has 78 valence electrons. The predicted octanol–water partition coefficient (Wildman–Crippen LogP) is 1.88. The number of hydrogen-bond donors (Lipinski definition) is 1. The van der Waals surface area contributed by atoms with Crippen molar-refractivity contribution in [3.8, 4) is 0 Å². The van der Waals surface area contributed by atoms with Crippen LogP contribution in [0.1, 0.15) is 39.0 Å². The van der Waals surface area contributed by atoms with E-state index in [2.05, 4.69) is 18.9 Å². The van der Waals surface area contributed by atoms with Crippen LogP contribution in [-0.2, 0) is 0 Å². The fourth-order valence-corrected chi connectivity index (χ4v) is 2.44. The Balaban J connectivity index is 2.30. The van der Waals surface area contributed by atoms with Crippen molar-refractivity contribution in [3.05, 3.63) is 0 Å². The Labute approximate surface area is 81.9 Å². The van der Waals surface area contributed by atoms with Crippen LogP contribution in [0.5, 0.6) is 0 Å². The van der Waals surface area contributed by atoms with Crippen molar-refractivity contribution in [1.82, 2.24) is 4.90 Å². The highest BCUT2D eigenvalue weighted by Crippen LogP contribution is 2.27. The number of aliphatic hydroxyl groups excluding tert-OH is 1. The van der Waals surface area contributed by atoms with Gasteiger partial charge in [0.15, 0.2) is 0 Å². The lowest BCUT2D eigenvalue weighted by Gasteiger charge is -2.36. The summed E-state index contributed by atoms with van der Waals surface area (Å²) in [4.78, 5) is 2.43. The monoisotopic (exact) mass is 185 g/mol. The first-order valence-corrected chi connectivity index (χ1v) is 5.57. The molecule has 1 N–H and O–H groups in total. The van der Waals surface area contributed by atoms with Crippen LogP contribution in [-0.4, -0.2) is 36.2 Å². The van der Waals surface area contributed by atoms with E-state index in [0.29, 0.717) is 6.61 Å². The van der Waals surface area contributed by atoms with Gasteiger partial charge in [-0.15, -0.1) is 0 Å². The summed E-state index contributed by atoms with van der Waals surface area (Å²) in [6, 6.07) is 0.764. The molecular weight excluding hydrogens is 162 g/mol. The number of rotatable bonds is 4. The second-order valence-corrected chi connectivity index (χ2v) is 4.39. The van der Waals surface area contributed by atoms with Crippen LogP contribution in [0.15, 0.2) is 0 Å². The van der Waals surface area contributed by atoms with Crippen molar-refractivity contribution < 1.29 is 5.11 Å². The van der Waals surface area contributed by atoms with Crippen molar-refractivity contribution in [3.63, 3.8) is 0 Å². The molecule has 0 aromatic carbocycles. The molecule has 2 atom stereocenters. The smallest absolute Gasteiger partial charge is 0.0443 e. The number of nitrogens with zero attached hydrogens (tertiary/aromatic N) is 1. The summed E-state index contributed by atoms with van der Waals surface area (Å²) in [5.41, 5.74) is 0. The average Bonchev–Trinajstić information content (AvgIpc) is 2.15. The Morgan fingerprint density at radius 2 is 2.00 bits per heavy atom. The minimum atomic E-state index is 0.325. The first kappa shape index (κ1) is 11.0. The van der Waals surface area contributed by atoms with E-state index in [4.69, 9.17) is 5.11 Å². The molecule has 13 heavy (non-hydrogen) atoms. The van der Waals surface area contributed by atoms with Gasteiger partial charge in [0.05, 0.1) is 0 Å². The predicted molar refractivity (Wildman–Crippen MR) is 55.8 cm³/mol. The topological polar surface area (TPSA) is 23.5 Å². The van der Waals surface area contributed by atoms with E-state index in [-0.39, 0.29) is 0 Å². The normalized spacial score (nSPS) is 29.5. The lowest BCUT2D eigenvalue weighted by atomic mass is 9.85. The van der Waals surface area contributed by atoms with Crippen molar-refractivity contribution in [1.29, 1.82) is 0 Å². The van der Waals surface area contributed by atoms with Gasteiger partial charge in [-0.05, 0) is 32.2 Å². The third kappa shape index (κ3) is 3.28. The minimum Gasteiger partial charge on any atom is -0.396 e. The SMILES string of the molecule is CC1CCCCC1N(C)CCCO. The van der Waals surface area contributed by atoms with Crippen molar-refractivity contribution in [2.75, 3.05) is 20.2 Å². The fourth-order valence-electron chi connectivity index (χ4n) is 2.44. The lowest BCUT2D eigenvalue weighted by Crippen LogP contribution is -2.39. The van der Waals surface area contributed by atoms with Gasteiger partial charge in [0.25, 0.3) is 0 Å². The molecule has 0 aromatic heterocycles. The summed E-state index contributed by atoms with van der Waals surface area (Å²) in [7, 11) is 2.20. The zero-order valence-corrected chi connectivity index (χ0v) is 9.00. The zero-order valence-electron chi connectivity index (χ0n) is 9.00. The Morgan fingerprint density at radius 1 is 1.31 bits per heavy atom. The highest BCUT2D eigenvalue weighted by Gasteiger charge is 2.24. The first-order chi connectivity index (χ1) is 6.25. The maximum Gasteiger partial charge on any atom is 0.0443 e. The third-order valence-electron chi connectivity index (χ3n) is 3.30. The third-order valence-corrected chi connectivity index (χ3v) is 3.30. The second kappa shape index (κ2) is 5.61. The molecule has 2 heteroatoms. The van der Waals surface area contributed by atoms with Gasteiger partial charge in [-0.1, -0.05) is 19.8 Å². The van der Waals surface area contributed by atoms with E-state index in [1.165, 1.54) is 25.7 Å². The molecule has 0 aliphatic heterocycles. The van der Waals surface area contributed by atoms with E-state index < -0.39 is 0 Å². The maximum absolute atomic E-state index is 8.75. The zero-order chi connectivity index (χ0) is 9.68. The molecule has 0 aromatic rings. The molecule has 1 aliphatic carbocycles. The van der Waals surface area contributed by atoms with Crippen LogP contribution in [0, 0.1) is 5.92 Å². The minimum absolute atomic E-state index is 0.325. The fraction of sp³-hybridized carbons (Fsp3) is 1.00. The van der Waals surface area contributed by atoms with Crippen LogP contribution >= 0.6 is 0 Å². The van der Waals surface area contributed by atoms with Gasteiger partial charge in [-0.2, -0.15) is 0 Å². The average molecular weight is 185 g/mol. The van der Waals surface area contributed by atoms with Gasteiger partial charge in [-0.25, -0.2) is 0 Å². The van der Waals surface area contributed by atoms with Gasteiger partial charge in [0, 0.05) is 19.2 Å². The molecule has 2 nitrogen and oxygen atoms in total. The quantitative estimate of drug-likeness (QED) is 0.723. The van der Waals surface area contributed by atoms with Gasteiger partial charge >= 0.3 is 0 Å². The molecule has 0 heterocycles.